The summed E-state index contributed by atoms with van der Waals surface area (Å²) in [5.74, 6) is 0.565. The van der Waals surface area contributed by atoms with E-state index in [4.69, 9.17) is 0 Å². The van der Waals surface area contributed by atoms with Gasteiger partial charge in [0.25, 0.3) is 5.56 Å². The van der Waals surface area contributed by atoms with E-state index in [0.717, 1.165) is 51.1 Å². The lowest BCUT2D eigenvalue weighted by molar-refractivity contribution is -0.133. The standard InChI is InChI=1S/C26H37N5O3/c1-3-19(2)29-13-15-30(16-14-29)24(32)9-4-5-12-31-25(33)18-23(28-26(31)34)27-22-11-10-20-7-6-8-21(20)17-22/h10-11,17-19,27H,3-9,12-16H2,1-2H3,(H,28,34). The van der Waals surface area contributed by atoms with E-state index in [1.165, 1.54) is 28.2 Å². The summed E-state index contributed by atoms with van der Waals surface area (Å²) in [5.41, 5.74) is 2.81. The molecule has 1 amide bonds. The molecular formula is C26H37N5O3. The van der Waals surface area contributed by atoms with Crippen LogP contribution in [0.1, 0.15) is 57.1 Å². The molecule has 1 atom stereocenters. The smallest absolute Gasteiger partial charge is 0.329 e. The van der Waals surface area contributed by atoms with Gasteiger partial charge in [0.2, 0.25) is 5.91 Å². The Morgan fingerprint density at radius 3 is 2.56 bits per heavy atom. The molecule has 8 heteroatoms. The largest absolute Gasteiger partial charge is 0.342 e. The zero-order valence-electron chi connectivity index (χ0n) is 20.4. The molecule has 1 unspecified atom stereocenters. The summed E-state index contributed by atoms with van der Waals surface area (Å²) in [6.07, 6.45) is 6.20. The second kappa shape index (κ2) is 11.0. The first-order chi connectivity index (χ1) is 16.4. The summed E-state index contributed by atoms with van der Waals surface area (Å²) in [5, 5.41) is 3.15. The zero-order chi connectivity index (χ0) is 24.1. The van der Waals surface area contributed by atoms with Crippen LogP contribution < -0.4 is 16.6 Å². The number of hydrogen-bond donors (Lipinski definition) is 2. The molecule has 1 saturated heterocycles. The number of hydrogen-bond acceptors (Lipinski definition) is 5. The molecule has 184 valence electrons. The number of carbonyl (C=O) groups excluding carboxylic acids is 1. The number of fused-ring (bicyclic) bond motifs is 1. The number of carbonyl (C=O) groups is 1. The fourth-order valence-corrected chi connectivity index (χ4v) is 4.98. The quantitative estimate of drug-likeness (QED) is 0.554. The molecule has 1 aliphatic heterocycles. The lowest BCUT2D eigenvalue weighted by Gasteiger charge is -2.37. The van der Waals surface area contributed by atoms with Crippen molar-refractivity contribution in [3.63, 3.8) is 0 Å². The highest BCUT2D eigenvalue weighted by molar-refractivity contribution is 5.76. The van der Waals surface area contributed by atoms with Gasteiger partial charge in [-0.15, -0.1) is 0 Å². The van der Waals surface area contributed by atoms with Gasteiger partial charge in [0.15, 0.2) is 0 Å². The van der Waals surface area contributed by atoms with Crippen molar-refractivity contribution in [2.75, 3.05) is 31.5 Å². The van der Waals surface area contributed by atoms with Crippen LogP contribution in [0, 0.1) is 0 Å². The normalized spacial score (nSPS) is 16.9. The Bertz CT molecular complexity index is 1080. The fraction of sp³-hybridized carbons (Fsp3) is 0.577. The van der Waals surface area contributed by atoms with E-state index in [2.05, 4.69) is 41.2 Å². The SMILES string of the molecule is CCC(C)N1CCN(C(=O)CCCCn2c(=O)cc(Nc3ccc4c(c3)CCC4)[nH]c2=O)CC1. The molecular weight excluding hydrogens is 430 g/mol. The second-order valence-corrected chi connectivity index (χ2v) is 9.57. The number of H-pyrrole nitrogens is 1. The van der Waals surface area contributed by atoms with Crippen LogP contribution in [0.25, 0.3) is 0 Å². The third-order valence-corrected chi connectivity index (χ3v) is 7.30. The number of nitrogens with one attached hydrogen (secondary N) is 2. The van der Waals surface area contributed by atoms with E-state index in [1.807, 2.05) is 11.0 Å². The highest BCUT2D eigenvalue weighted by atomic mass is 16.2. The van der Waals surface area contributed by atoms with Crippen LogP contribution in [0.5, 0.6) is 0 Å². The first kappa shape index (κ1) is 24.3. The molecule has 1 aromatic heterocycles. The van der Waals surface area contributed by atoms with Gasteiger partial charge < -0.3 is 10.2 Å². The van der Waals surface area contributed by atoms with Gasteiger partial charge >= 0.3 is 5.69 Å². The summed E-state index contributed by atoms with van der Waals surface area (Å²) < 4.78 is 1.21. The van der Waals surface area contributed by atoms with Crippen molar-refractivity contribution < 1.29 is 4.79 Å². The lowest BCUT2D eigenvalue weighted by Crippen LogP contribution is -2.51. The number of aryl methyl sites for hydroxylation is 2. The van der Waals surface area contributed by atoms with Crippen LogP contribution >= 0.6 is 0 Å². The summed E-state index contributed by atoms with van der Waals surface area (Å²) in [6, 6.07) is 8.17. The number of piperazine rings is 1. The van der Waals surface area contributed by atoms with Crippen LogP contribution in [-0.2, 0) is 24.2 Å². The monoisotopic (exact) mass is 467 g/mol. The Kier molecular flexibility index (Phi) is 7.88. The number of anilines is 2. The highest BCUT2D eigenvalue weighted by Crippen LogP contribution is 2.25. The maximum absolute atomic E-state index is 12.5. The van der Waals surface area contributed by atoms with Gasteiger partial charge in [0, 0.05) is 56.9 Å². The molecule has 8 nitrogen and oxygen atoms in total. The van der Waals surface area contributed by atoms with Crippen molar-refractivity contribution in [3.05, 3.63) is 56.2 Å². The van der Waals surface area contributed by atoms with Crippen LogP contribution in [-0.4, -0.2) is 57.5 Å². The summed E-state index contributed by atoms with van der Waals surface area (Å²) >= 11 is 0. The van der Waals surface area contributed by atoms with Crippen LogP contribution in [0.15, 0.2) is 33.9 Å². The maximum Gasteiger partial charge on any atom is 0.329 e. The van der Waals surface area contributed by atoms with Gasteiger partial charge in [0.05, 0.1) is 0 Å². The molecule has 2 aliphatic rings. The molecule has 2 aromatic rings. The summed E-state index contributed by atoms with van der Waals surface area (Å²) in [4.78, 5) is 44.7. The van der Waals surface area contributed by atoms with Crippen molar-refractivity contribution in [3.8, 4) is 0 Å². The Morgan fingerprint density at radius 2 is 1.82 bits per heavy atom. The van der Waals surface area contributed by atoms with Crippen molar-refractivity contribution in [1.82, 2.24) is 19.4 Å². The third kappa shape index (κ3) is 5.78. The molecule has 1 aliphatic carbocycles. The van der Waals surface area contributed by atoms with Gasteiger partial charge in [-0.3, -0.25) is 24.0 Å². The van der Waals surface area contributed by atoms with E-state index in [9.17, 15) is 14.4 Å². The van der Waals surface area contributed by atoms with Gasteiger partial charge in [0.1, 0.15) is 5.82 Å². The minimum absolute atomic E-state index is 0.166. The van der Waals surface area contributed by atoms with E-state index in [-0.39, 0.29) is 11.5 Å². The van der Waals surface area contributed by atoms with Gasteiger partial charge in [-0.2, -0.15) is 0 Å². The Balaban J connectivity index is 1.25. The van der Waals surface area contributed by atoms with E-state index in [1.54, 1.807) is 0 Å². The topological polar surface area (TPSA) is 90.4 Å². The lowest BCUT2D eigenvalue weighted by atomic mass is 10.1. The van der Waals surface area contributed by atoms with Crippen LogP contribution in [0.4, 0.5) is 11.5 Å². The number of nitrogens with zero attached hydrogens (tertiary/aromatic N) is 3. The molecule has 34 heavy (non-hydrogen) atoms. The minimum atomic E-state index is -0.427. The fourth-order valence-electron chi connectivity index (χ4n) is 4.98. The number of aromatic nitrogens is 2. The zero-order valence-corrected chi connectivity index (χ0v) is 20.4. The predicted octanol–water partition coefficient (Wildman–Crippen LogP) is 2.88. The van der Waals surface area contributed by atoms with Crippen molar-refractivity contribution in [2.45, 2.75) is 71.4 Å². The number of aromatic amines is 1. The van der Waals surface area contributed by atoms with E-state index < -0.39 is 5.69 Å². The number of unbranched alkanes of at least 4 members (excludes halogenated alkanes) is 1. The minimum Gasteiger partial charge on any atom is -0.342 e. The van der Waals surface area contributed by atoms with Gasteiger partial charge in [-0.25, -0.2) is 4.79 Å². The van der Waals surface area contributed by atoms with Crippen LogP contribution in [0.2, 0.25) is 0 Å². The highest BCUT2D eigenvalue weighted by Gasteiger charge is 2.23. The average Bonchev–Trinajstić information content (AvgIpc) is 3.30. The first-order valence-electron chi connectivity index (χ1n) is 12.7. The molecule has 1 fully saturated rings. The molecule has 2 heterocycles. The molecule has 1 aromatic carbocycles. The van der Waals surface area contributed by atoms with Crippen molar-refractivity contribution in [1.29, 1.82) is 0 Å². The van der Waals surface area contributed by atoms with Crippen LogP contribution in [0.3, 0.4) is 0 Å². The molecule has 2 N–H and O–H groups in total. The first-order valence-corrected chi connectivity index (χ1v) is 12.7. The predicted molar refractivity (Wildman–Crippen MR) is 135 cm³/mol. The van der Waals surface area contributed by atoms with Crippen molar-refractivity contribution in [2.24, 2.45) is 0 Å². The number of benzene rings is 1. The maximum atomic E-state index is 12.5. The average molecular weight is 468 g/mol. The number of amides is 1. The van der Waals surface area contributed by atoms with Crippen molar-refractivity contribution >= 4 is 17.4 Å². The molecule has 0 radical (unpaired) electrons. The molecule has 0 bridgehead atoms. The molecule has 0 saturated carbocycles. The van der Waals surface area contributed by atoms with E-state index >= 15 is 0 Å². The second-order valence-electron chi connectivity index (χ2n) is 9.57. The third-order valence-electron chi connectivity index (χ3n) is 7.30. The molecule has 4 rings (SSSR count). The Hall–Kier alpha value is -2.87. The molecule has 0 spiro atoms. The Morgan fingerprint density at radius 1 is 1.06 bits per heavy atom. The Labute approximate surface area is 201 Å². The van der Waals surface area contributed by atoms with E-state index in [0.29, 0.717) is 37.7 Å². The summed E-state index contributed by atoms with van der Waals surface area (Å²) in [7, 11) is 0. The van der Waals surface area contributed by atoms with Gasteiger partial charge in [-0.05, 0) is 68.7 Å². The summed E-state index contributed by atoms with van der Waals surface area (Å²) in [6.45, 7) is 8.15. The number of rotatable bonds is 9. The van der Waals surface area contributed by atoms with Gasteiger partial charge in [-0.1, -0.05) is 13.0 Å².